The van der Waals surface area contributed by atoms with Crippen LogP contribution in [0.5, 0.6) is 11.5 Å². The molecule has 2 aliphatic heterocycles. The van der Waals surface area contributed by atoms with Crippen molar-refractivity contribution >= 4 is 29.1 Å². The Hall–Kier alpha value is -4.85. The van der Waals surface area contributed by atoms with Crippen molar-refractivity contribution in [1.82, 2.24) is 5.32 Å². The third kappa shape index (κ3) is 7.28. The molecule has 0 saturated heterocycles. The fourth-order valence-electron chi connectivity index (χ4n) is 10.4. The van der Waals surface area contributed by atoms with E-state index in [1.807, 2.05) is 19.2 Å². The number of hydrogen-bond donors (Lipinski definition) is 3. The molecule has 8 rings (SSSR count). The summed E-state index contributed by atoms with van der Waals surface area (Å²) in [6.07, 6.45) is 6.88. The molecule has 2 heterocycles. The maximum atomic E-state index is 13.2. The number of ether oxygens (including phenoxy) is 4. The highest BCUT2D eigenvalue weighted by molar-refractivity contribution is 6.10. The molecule has 3 aromatic rings. The Balaban J connectivity index is 0.807. The van der Waals surface area contributed by atoms with Gasteiger partial charge in [0, 0.05) is 43.0 Å². The topological polar surface area (TPSA) is 124 Å². The van der Waals surface area contributed by atoms with Gasteiger partial charge in [0.05, 0.1) is 30.6 Å². The Kier molecular flexibility index (Phi) is 10.6. The van der Waals surface area contributed by atoms with Crippen molar-refractivity contribution in [2.75, 3.05) is 44.2 Å². The van der Waals surface area contributed by atoms with Gasteiger partial charge in [-0.25, -0.2) is 0 Å². The van der Waals surface area contributed by atoms with Crippen molar-refractivity contribution in [2.24, 2.45) is 22.7 Å². The highest BCUT2D eigenvalue weighted by atomic mass is 16.5. The number of benzene rings is 3. The summed E-state index contributed by atoms with van der Waals surface area (Å²) < 4.78 is 23.7. The van der Waals surface area contributed by atoms with E-state index in [9.17, 15) is 14.4 Å². The quantitative estimate of drug-likeness (QED) is 0.151. The lowest BCUT2D eigenvalue weighted by atomic mass is 9.50. The van der Waals surface area contributed by atoms with Crippen molar-refractivity contribution in [3.63, 3.8) is 0 Å². The van der Waals surface area contributed by atoms with Gasteiger partial charge in [0.1, 0.15) is 30.8 Å². The van der Waals surface area contributed by atoms with Gasteiger partial charge < -0.3 is 34.9 Å². The molecule has 3 aliphatic carbocycles. The molecule has 2 fully saturated rings. The van der Waals surface area contributed by atoms with Gasteiger partial charge in [-0.2, -0.15) is 0 Å². The predicted octanol–water partition coefficient (Wildman–Crippen LogP) is 6.99. The Morgan fingerprint density at radius 3 is 2.75 bits per heavy atom. The Labute approximate surface area is 329 Å². The van der Waals surface area contributed by atoms with Gasteiger partial charge in [-0.15, -0.1) is 0 Å². The zero-order chi connectivity index (χ0) is 39.0. The summed E-state index contributed by atoms with van der Waals surface area (Å²) in [4.78, 5) is 38.9. The molecule has 294 valence electrons. The first-order valence-electron chi connectivity index (χ1n) is 20.2. The molecule has 0 bridgehead atoms. The minimum Gasteiger partial charge on any atom is -0.493 e. The van der Waals surface area contributed by atoms with Gasteiger partial charge >= 0.3 is 0 Å². The summed E-state index contributed by atoms with van der Waals surface area (Å²) >= 11 is 0. The van der Waals surface area contributed by atoms with E-state index in [-0.39, 0.29) is 48.2 Å². The Morgan fingerprint density at radius 1 is 1.02 bits per heavy atom. The maximum absolute atomic E-state index is 13.2. The molecule has 56 heavy (non-hydrogen) atoms. The average Bonchev–Trinajstić information content (AvgIpc) is 3.73. The number of methoxy groups -OCH3 is 1. The number of hydrogen-bond acceptors (Lipinski definition) is 7. The normalized spacial score (nSPS) is 28.4. The molecular formula is C46H53N3O7. The van der Waals surface area contributed by atoms with E-state index in [4.69, 9.17) is 18.9 Å². The number of carbonyl (C=O) groups is 3. The summed E-state index contributed by atoms with van der Waals surface area (Å²) in [5.74, 6) is 8.93. The SMILES string of the molecule is COC1C[C@@]2(C)C(CCC2(C)C#CCOCCOc2ccc3c(c2)C(=O)NC(CCC(=O)Nc2ccc4c(c2)OCC4)C(=O)N3)C2CCc3cc(C)ccc3C12. The Morgan fingerprint density at radius 2 is 1.89 bits per heavy atom. The van der Waals surface area contributed by atoms with Crippen LogP contribution in [0.3, 0.4) is 0 Å². The van der Waals surface area contributed by atoms with Crippen molar-refractivity contribution in [1.29, 1.82) is 0 Å². The van der Waals surface area contributed by atoms with Crippen molar-refractivity contribution in [3.05, 3.63) is 82.4 Å². The lowest BCUT2D eigenvalue weighted by Gasteiger charge is -2.55. The first kappa shape index (κ1) is 38.0. The molecule has 10 nitrogen and oxygen atoms in total. The largest absolute Gasteiger partial charge is 0.493 e. The van der Waals surface area contributed by atoms with E-state index in [1.54, 1.807) is 24.3 Å². The smallest absolute Gasteiger partial charge is 0.254 e. The van der Waals surface area contributed by atoms with Crippen LogP contribution in [-0.4, -0.2) is 63.4 Å². The monoisotopic (exact) mass is 759 g/mol. The fraction of sp³-hybridized carbons (Fsp3) is 0.500. The van der Waals surface area contributed by atoms with E-state index in [2.05, 4.69) is 66.8 Å². The van der Waals surface area contributed by atoms with E-state index >= 15 is 0 Å². The molecular weight excluding hydrogens is 707 g/mol. The van der Waals surface area contributed by atoms with E-state index in [0.717, 1.165) is 37.0 Å². The fourth-order valence-corrected chi connectivity index (χ4v) is 10.4. The van der Waals surface area contributed by atoms with Gasteiger partial charge in [0.15, 0.2) is 0 Å². The van der Waals surface area contributed by atoms with Crippen molar-refractivity contribution in [2.45, 2.75) is 90.2 Å². The standard InChI is InChI=1S/C46H53N3O7/c1-28-6-11-33-30(24-28)8-12-34-36-16-19-45(2,46(36,3)27-40(53-4)42(33)34)18-5-20-54-22-23-55-32-10-13-37-35(26-32)43(51)49-38(44(52)48-37)14-15-41(50)47-31-9-7-29-17-21-56-39(29)25-31/h6-7,9-11,13,24-26,34,36,38,40,42H,8,12,14-17,19-23,27H2,1-4H3,(H,47,50)(H,48,52)(H,49,51)/t34?,36?,38?,40?,42?,45?,46-/m0/s1. The van der Waals surface area contributed by atoms with Crippen LogP contribution in [0, 0.1) is 41.4 Å². The molecule has 2 saturated carbocycles. The summed E-state index contributed by atoms with van der Waals surface area (Å²) in [6, 6.07) is 16.7. The highest BCUT2D eigenvalue weighted by Gasteiger charge is 2.62. The molecule has 0 radical (unpaired) electrons. The molecule has 3 N–H and O–H groups in total. The first-order valence-corrected chi connectivity index (χ1v) is 20.2. The summed E-state index contributed by atoms with van der Waals surface area (Å²) in [6.45, 7) is 8.55. The number of anilines is 2. The van der Waals surface area contributed by atoms with Crippen LogP contribution in [0.4, 0.5) is 11.4 Å². The number of nitrogens with one attached hydrogen (secondary N) is 3. The van der Waals surface area contributed by atoms with E-state index in [1.165, 1.54) is 29.5 Å². The number of amides is 3. The third-order valence-electron chi connectivity index (χ3n) is 13.5. The van der Waals surface area contributed by atoms with Crippen LogP contribution < -0.4 is 25.4 Å². The van der Waals surface area contributed by atoms with Crippen LogP contribution in [-0.2, 0) is 31.9 Å². The molecule has 7 atom stereocenters. The predicted molar refractivity (Wildman–Crippen MR) is 214 cm³/mol. The van der Waals surface area contributed by atoms with Crippen molar-refractivity contribution < 1.29 is 33.3 Å². The molecule has 0 aromatic heterocycles. The van der Waals surface area contributed by atoms with Crippen LogP contribution >= 0.6 is 0 Å². The van der Waals surface area contributed by atoms with Gasteiger partial charge in [0.25, 0.3) is 5.91 Å². The van der Waals surface area contributed by atoms with E-state index in [0.29, 0.717) is 60.3 Å². The second-order valence-electron chi connectivity index (χ2n) is 16.7. The van der Waals surface area contributed by atoms with Gasteiger partial charge in [-0.3, -0.25) is 14.4 Å². The minimum atomic E-state index is -0.867. The molecule has 0 spiro atoms. The number of fused-ring (bicyclic) bond motifs is 7. The second-order valence-corrected chi connectivity index (χ2v) is 16.7. The van der Waals surface area contributed by atoms with Crippen molar-refractivity contribution in [3.8, 4) is 23.3 Å². The summed E-state index contributed by atoms with van der Waals surface area (Å²) in [7, 11) is 1.88. The zero-order valence-corrected chi connectivity index (χ0v) is 32.9. The first-order chi connectivity index (χ1) is 27.0. The minimum absolute atomic E-state index is 0.0505. The molecule has 5 aliphatic rings. The zero-order valence-electron chi connectivity index (χ0n) is 32.9. The number of aryl methyl sites for hydroxylation is 2. The highest BCUT2D eigenvalue weighted by Crippen LogP contribution is 2.67. The van der Waals surface area contributed by atoms with Gasteiger partial charge in [0.2, 0.25) is 11.8 Å². The van der Waals surface area contributed by atoms with Crippen LogP contribution in [0.1, 0.15) is 90.9 Å². The Bertz CT molecular complexity index is 2090. The lowest BCUT2D eigenvalue weighted by Crippen LogP contribution is -2.51. The molecule has 3 amide bonds. The molecule has 3 aromatic carbocycles. The van der Waals surface area contributed by atoms with E-state index < -0.39 is 11.9 Å². The van der Waals surface area contributed by atoms with Crippen LogP contribution in [0.25, 0.3) is 0 Å². The number of carbonyl (C=O) groups excluding carboxylic acids is 3. The molecule has 10 heteroatoms. The van der Waals surface area contributed by atoms with Gasteiger partial charge in [-0.1, -0.05) is 48.6 Å². The second kappa shape index (κ2) is 15.6. The summed E-state index contributed by atoms with van der Waals surface area (Å²) in [5, 5.41) is 8.45. The number of rotatable bonds is 10. The van der Waals surface area contributed by atoms with Gasteiger partial charge in [-0.05, 0) is 111 Å². The van der Waals surface area contributed by atoms with Crippen LogP contribution in [0.15, 0.2) is 54.6 Å². The molecule has 6 unspecified atom stereocenters. The summed E-state index contributed by atoms with van der Waals surface area (Å²) in [5.41, 5.74) is 6.72. The van der Waals surface area contributed by atoms with Crippen LogP contribution in [0.2, 0.25) is 0 Å². The third-order valence-corrected chi connectivity index (χ3v) is 13.5. The average molecular weight is 760 g/mol. The lowest BCUT2D eigenvalue weighted by molar-refractivity contribution is -0.118. The maximum Gasteiger partial charge on any atom is 0.254 e.